The molecule has 0 aliphatic rings. The Bertz CT molecular complexity index is 945. The van der Waals surface area contributed by atoms with Gasteiger partial charge < -0.3 is 29.9 Å². The Morgan fingerprint density at radius 3 is 1.50 bits per heavy atom. The Morgan fingerprint density at radius 2 is 1.13 bits per heavy atom. The molecule has 30 heavy (non-hydrogen) atoms. The molecule has 2 aromatic rings. The first-order valence-corrected chi connectivity index (χ1v) is 8.61. The highest BCUT2D eigenvalue weighted by molar-refractivity contribution is 5.93. The molecule has 0 heterocycles. The number of ether oxygens (including phenoxy) is 2. The summed E-state index contributed by atoms with van der Waals surface area (Å²) in [6.45, 7) is 1.45. The van der Waals surface area contributed by atoms with Crippen molar-refractivity contribution in [1.29, 1.82) is 0 Å². The van der Waals surface area contributed by atoms with Gasteiger partial charge in [0.05, 0.1) is 22.3 Å². The number of carboxylic acid groups (broad SMARTS) is 2. The predicted molar refractivity (Wildman–Crippen MR) is 98.9 cm³/mol. The second kappa shape index (κ2) is 9.16. The number of benzene rings is 2. The molecule has 2 aromatic carbocycles. The van der Waals surface area contributed by atoms with Crippen LogP contribution < -0.4 is 0 Å². The molecular weight excluding hydrogens is 400 g/mol. The summed E-state index contributed by atoms with van der Waals surface area (Å²) in [6.07, 6.45) is -1.80. The third kappa shape index (κ3) is 5.40. The van der Waals surface area contributed by atoms with Crippen LogP contribution in [0, 0.1) is 0 Å². The van der Waals surface area contributed by atoms with Gasteiger partial charge in [-0.25, -0.2) is 19.2 Å². The average molecular weight is 418 g/mol. The van der Waals surface area contributed by atoms with Crippen LogP contribution in [-0.2, 0) is 9.47 Å². The summed E-state index contributed by atoms with van der Waals surface area (Å²) in [7, 11) is 0. The molecule has 0 spiro atoms. The predicted octanol–water partition coefficient (Wildman–Crippen LogP) is 1.51. The van der Waals surface area contributed by atoms with Crippen LogP contribution in [-0.4, -0.2) is 56.4 Å². The zero-order valence-electron chi connectivity index (χ0n) is 15.6. The van der Waals surface area contributed by atoms with E-state index in [4.69, 9.17) is 14.9 Å². The van der Waals surface area contributed by atoms with Crippen molar-refractivity contribution in [2.75, 3.05) is 0 Å². The smallest absolute Gasteiger partial charge is 0.363 e. The number of rotatable bonds is 8. The van der Waals surface area contributed by atoms with Crippen LogP contribution in [0.3, 0.4) is 0 Å². The Kier molecular flexibility index (Phi) is 6.88. The van der Waals surface area contributed by atoms with E-state index < -0.39 is 36.0 Å². The molecule has 0 aliphatic heterocycles. The molecule has 2 rings (SSSR count). The van der Waals surface area contributed by atoms with Crippen molar-refractivity contribution in [3.63, 3.8) is 0 Å². The first-order chi connectivity index (χ1) is 14.0. The molecule has 1 atom stereocenters. The van der Waals surface area contributed by atoms with E-state index in [9.17, 15) is 29.4 Å². The van der Waals surface area contributed by atoms with E-state index in [-0.39, 0.29) is 28.7 Å². The maximum absolute atomic E-state index is 12.2. The molecule has 0 saturated heterocycles. The zero-order chi connectivity index (χ0) is 22.5. The van der Waals surface area contributed by atoms with Gasteiger partial charge in [0, 0.05) is 0 Å². The molecule has 10 heteroatoms. The minimum absolute atomic E-state index is 0.0511. The molecule has 0 radical (unpaired) electrons. The second-order valence-electron chi connectivity index (χ2n) is 6.12. The summed E-state index contributed by atoms with van der Waals surface area (Å²) in [5.41, 5.74) is -0.344. The molecule has 4 N–H and O–H groups in total. The van der Waals surface area contributed by atoms with Crippen LogP contribution in [0.2, 0.25) is 0 Å². The first-order valence-electron chi connectivity index (χ1n) is 8.61. The van der Waals surface area contributed by atoms with Gasteiger partial charge in [-0.15, -0.1) is 0 Å². The van der Waals surface area contributed by atoms with Gasteiger partial charge in [-0.2, -0.15) is 0 Å². The van der Waals surface area contributed by atoms with Crippen LogP contribution in [0.25, 0.3) is 0 Å². The summed E-state index contributed by atoms with van der Waals surface area (Å²) in [4.78, 5) is 46.0. The Balaban J connectivity index is 2.09. The quantitative estimate of drug-likeness (QED) is 0.364. The van der Waals surface area contributed by atoms with Crippen LogP contribution in [0.4, 0.5) is 0 Å². The number of aliphatic hydroxyl groups is 2. The van der Waals surface area contributed by atoms with Gasteiger partial charge in [0.15, 0.2) is 6.10 Å². The van der Waals surface area contributed by atoms with Gasteiger partial charge in [-0.1, -0.05) is 6.92 Å². The van der Waals surface area contributed by atoms with Crippen molar-refractivity contribution in [2.24, 2.45) is 0 Å². The average Bonchev–Trinajstić information content (AvgIpc) is 2.71. The van der Waals surface area contributed by atoms with E-state index in [1.807, 2.05) is 0 Å². The lowest BCUT2D eigenvalue weighted by atomic mass is 10.1. The molecule has 0 aliphatic carbocycles. The van der Waals surface area contributed by atoms with E-state index in [1.54, 1.807) is 0 Å². The van der Waals surface area contributed by atoms with E-state index >= 15 is 0 Å². The van der Waals surface area contributed by atoms with Crippen molar-refractivity contribution >= 4 is 23.9 Å². The number of carboxylic acids is 2. The van der Waals surface area contributed by atoms with Gasteiger partial charge in [-0.05, 0) is 55.0 Å². The minimum Gasteiger partial charge on any atom is -0.478 e. The fourth-order valence-electron chi connectivity index (χ4n) is 2.38. The van der Waals surface area contributed by atoms with Crippen molar-refractivity contribution in [2.45, 2.75) is 25.4 Å². The summed E-state index contributed by atoms with van der Waals surface area (Å²) in [5, 5.41) is 38.0. The number of esters is 2. The van der Waals surface area contributed by atoms with Gasteiger partial charge in [0.25, 0.3) is 0 Å². The fourth-order valence-corrected chi connectivity index (χ4v) is 2.38. The molecule has 0 aromatic heterocycles. The number of carbonyl (C=O) groups excluding carboxylic acids is 2. The summed E-state index contributed by atoms with van der Waals surface area (Å²) >= 11 is 0. The molecule has 158 valence electrons. The van der Waals surface area contributed by atoms with Gasteiger partial charge in [0.2, 0.25) is 0 Å². The normalized spacial score (nSPS) is 12.0. The molecule has 0 amide bonds. The number of hydrogen-bond donors (Lipinski definition) is 4. The second-order valence-corrected chi connectivity index (χ2v) is 6.12. The largest absolute Gasteiger partial charge is 0.478 e. The summed E-state index contributed by atoms with van der Waals surface area (Å²) in [6, 6.07) is 9.23. The number of hydrogen-bond acceptors (Lipinski definition) is 8. The van der Waals surface area contributed by atoms with E-state index in [1.165, 1.54) is 31.2 Å². The maximum Gasteiger partial charge on any atom is 0.363 e. The van der Waals surface area contributed by atoms with Crippen molar-refractivity contribution in [3.8, 4) is 0 Å². The molecule has 0 fully saturated rings. The van der Waals surface area contributed by atoms with E-state index in [0.717, 1.165) is 24.3 Å². The monoisotopic (exact) mass is 418 g/mol. The van der Waals surface area contributed by atoms with Crippen LogP contribution in [0.1, 0.15) is 54.8 Å². The van der Waals surface area contributed by atoms with E-state index in [2.05, 4.69) is 4.74 Å². The third-order valence-electron chi connectivity index (χ3n) is 4.02. The third-order valence-corrected chi connectivity index (χ3v) is 4.02. The number of carbonyl (C=O) groups is 4. The summed E-state index contributed by atoms with van der Waals surface area (Å²) < 4.78 is 9.63. The SMILES string of the molecule is CCC(OC(=O)c1ccc(C(=O)O)cc1)C(O)(O)OC(=O)c1ccc(C(=O)O)cc1. The van der Waals surface area contributed by atoms with Crippen LogP contribution in [0.15, 0.2) is 48.5 Å². The highest BCUT2D eigenvalue weighted by Gasteiger charge is 2.41. The Morgan fingerprint density at radius 1 is 0.767 bits per heavy atom. The van der Waals surface area contributed by atoms with Crippen molar-refractivity contribution in [3.05, 3.63) is 70.8 Å². The highest BCUT2D eigenvalue weighted by atomic mass is 16.8. The lowest BCUT2D eigenvalue weighted by molar-refractivity contribution is -0.349. The molecule has 10 nitrogen and oxygen atoms in total. The topological polar surface area (TPSA) is 168 Å². The molecule has 1 unspecified atom stereocenters. The number of aromatic carboxylic acids is 2. The Hall–Kier alpha value is -3.76. The van der Waals surface area contributed by atoms with Crippen molar-refractivity contribution < 1.29 is 49.1 Å². The van der Waals surface area contributed by atoms with Crippen molar-refractivity contribution in [1.82, 2.24) is 0 Å². The Labute approximate surface area is 169 Å². The van der Waals surface area contributed by atoms with Gasteiger partial charge >= 0.3 is 29.9 Å². The fraction of sp³-hybridized carbons (Fsp3) is 0.200. The van der Waals surface area contributed by atoms with Gasteiger partial charge in [-0.3, -0.25) is 0 Å². The lowest BCUT2D eigenvalue weighted by Crippen LogP contribution is -2.48. The van der Waals surface area contributed by atoms with E-state index in [0.29, 0.717) is 0 Å². The minimum atomic E-state index is -3.17. The van der Waals surface area contributed by atoms with Crippen LogP contribution in [0.5, 0.6) is 0 Å². The zero-order valence-corrected chi connectivity index (χ0v) is 15.6. The maximum atomic E-state index is 12.2. The van der Waals surface area contributed by atoms with Gasteiger partial charge in [0.1, 0.15) is 0 Å². The highest BCUT2D eigenvalue weighted by Crippen LogP contribution is 2.20. The van der Waals surface area contributed by atoms with Crippen LogP contribution >= 0.6 is 0 Å². The molecular formula is C20H18O10. The standard InChI is InChI=1S/C20H18O10/c1-2-15(29-18(25)13-7-3-11(4-8-13)16(21)22)20(27,28)30-19(26)14-9-5-12(6-10-14)17(23)24/h3-10,15,27-28H,2H2,1H3,(H,21,22)(H,23,24). The molecule has 0 saturated carbocycles. The lowest BCUT2D eigenvalue weighted by Gasteiger charge is -2.29. The first kappa shape index (κ1) is 22.5. The summed E-state index contributed by atoms with van der Waals surface area (Å²) in [5.74, 6) is -7.74. The molecule has 0 bridgehead atoms.